The number of carbonyl (C=O) groups excluding carboxylic acids is 2. The van der Waals surface area contributed by atoms with Crippen molar-refractivity contribution >= 4 is 34.6 Å². The zero-order valence-corrected chi connectivity index (χ0v) is 21.6. The zero-order chi connectivity index (χ0) is 29.4. The minimum absolute atomic E-state index is 0.0756. The maximum atomic E-state index is 12.4. The third kappa shape index (κ3) is 6.77. The number of non-ortho nitro benzene ring substituents is 1. The van der Waals surface area contributed by atoms with Crippen molar-refractivity contribution in [2.45, 2.75) is 6.92 Å². The van der Waals surface area contributed by atoms with E-state index in [0.29, 0.717) is 17.1 Å². The molecule has 2 N–H and O–H groups in total. The molecule has 3 rings (SSSR count). The normalized spacial score (nSPS) is 10.8. The lowest BCUT2D eigenvalue weighted by atomic mass is 10.1. The summed E-state index contributed by atoms with van der Waals surface area (Å²) in [6.45, 7) is 1.56. The molecule has 208 valence electrons. The van der Waals surface area contributed by atoms with Crippen LogP contribution in [-0.2, 0) is 9.59 Å². The first-order valence-corrected chi connectivity index (χ1v) is 11.2. The van der Waals surface area contributed by atoms with E-state index in [9.17, 15) is 29.8 Å². The highest BCUT2D eigenvalue weighted by Crippen LogP contribution is 2.38. The summed E-state index contributed by atoms with van der Waals surface area (Å²) >= 11 is 0. The molecule has 0 radical (unpaired) electrons. The van der Waals surface area contributed by atoms with Crippen molar-refractivity contribution in [1.82, 2.24) is 5.43 Å². The van der Waals surface area contributed by atoms with Gasteiger partial charge in [0.1, 0.15) is 11.5 Å². The van der Waals surface area contributed by atoms with Gasteiger partial charge in [-0.1, -0.05) is 0 Å². The smallest absolute Gasteiger partial charge is 0.329 e. The fourth-order valence-corrected chi connectivity index (χ4v) is 3.28. The number of ether oxygens (including phenoxy) is 4. The minimum atomic E-state index is -1.05. The van der Waals surface area contributed by atoms with Gasteiger partial charge >= 0.3 is 17.5 Å². The molecule has 0 atom stereocenters. The first-order chi connectivity index (χ1) is 19.1. The molecule has 0 spiro atoms. The summed E-state index contributed by atoms with van der Waals surface area (Å²) in [5.74, 6) is -1.32. The van der Waals surface area contributed by atoms with Gasteiger partial charge in [0, 0.05) is 17.7 Å². The van der Waals surface area contributed by atoms with E-state index in [0.717, 1.165) is 18.2 Å². The van der Waals surface area contributed by atoms with Gasteiger partial charge in [-0.2, -0.15) is 5.10 Å². The predicted molar refractivity (Wildman–Crippen MR) is 141 cm³/mol. The highest BCUT2D eigenvalue weighted by molar-refractivity contribution is 6.39. The van der Waals surface area contributed by atoms with Crippen LogP contribution in [0.25, 0.3) is 0 Å². The molecule has 0 saturated heterocycles. The first-order valence-electron chi connectivity index (χ1n) is 11.2. The molecule has 0 aromatic heterocycles. The minimum Gasteiger partial charge on any atom is -0.497 e. The summed E-state index contributed by atoms with van der Waals surface area (Å²) in [7, 11) is 4.19. The molecule has 15 heteroatoms. The Morgan fingerprint density at radius 1 is 0.775 bits per heavy atom. The number of anilines is 1. The molecule has 0 bridgehead atoms. The van der Waals surface area contributed by atoms with Crippen molar-refractivity contribution in [3.8, 4) is 28.7 Å². The third-order valence-electron chi connectivity index (χ3n) is 5.34. The number of hydrogen-bond acceptors (Lipinski definition) is 11. The number of nitrogens with zero attached hydrogens (tertiary/aromatic N) is 3. The van der Waals surface area contributed by atoms with Crippen LogP contribution in [-0.4, -0.2) is 48.7 Å². The van der Waals surface area contributed by atoms with Gasteiger partial charge in [0.05, 0.1) is 48.6 Å². The molecule has 0 aliphatic rings. The van der Waals surface area contributed by atoms with E-state index >= 15 is 0 Å². The number of benzene rings is 3. The van der Waals surface area contributed by atoms with Crippen LogP contribution in [0.4, 0.5) is 17.1 Å². The van der Waals surface area contributed by atoms with Crippen molar-refractivity contribution in [3.05, 3.63) is 80.4 Å². The number of nitro groups is 2. The SMILES string of the molecule is COc1ccc(OC)c(NC(=O)C(=O)N/N=C(\C)c2ccc(Oc3ccc([N+](=O)[O-])cc3[N+](=O)[O-])c(OC)c2)c1. The molecule has 40 heavy (non-hydrogen) atoms. The number of hydrazone groups is 1. The summed E-state index contributed by atoms with van der Waals surface area (Å²) in [6, 6.07) is 12.1. The summed E-state index contributed by atoms with van der Waals surface area (Å²) < 4.78 is 21.2. The summed E-state index contributed by atoms with van der Waals surface area (Å²) in [5.41, 5.74) is 2.04. The number of nitro benzene ring substituents is 2. The quantitative estimate of drug-likeness (QED) is 0.161. The van der Waals surface area contributed by atoms with E-state index in [-0.39, 0.29) is 28.6 Å². The van der Waals surface area contributed by atoms with E-state index in [1.165, 1.54) is 45.6 Å². The number of amides is 2. The van der Waals surface area contributed by atoms with Gasteiger partial charge in [0.15, 0.2) is 11.5 Å². The standard InChI is InChI=1S/C25H23N5O10/c1-14(27-28-25(32)24(31)26-18-13-17(37-2)7-10-20(18)38-3)15-5-8-22(23(11-15)39-4)40-21-9-6-16(29(33)34)12-19(21)30(35)36/h5-13H,1-4H3,(H,26,31)(H,28,32)/b27-14+. The second-order valence-electron chi connectivity index (χ2n) is 7.79. The summed E-state index contributed by atoms with van der Waals surface area (Å²) in [6.07, 6.45) is 0. The Morgan fingerprint density at radius 3 is 2.08 bits per heavy atom. The lowest BCUT2D eigenvalue weighted by Crippen LogP contribution is -2.33. The third-order valence-corrected chi connectivity index (χ3v) is 5.34. The average Bonchev–Trinajstić information content (AvgIpc) is 2.95. The van der Waals surface area contributed by atoms with Gasteiger partial charge in [0.2, 0.25) is 5.75 Å². The Labute approximate surface area is 226 Å². The Morgan fingerprint density at radius 2 is 1.45 bits per heavy atom. The molecule has 0 heterocycles. The van der Waals surface area contributed by atoms with Crippen LogP contribution in [0.1, 0.15) is 12.5 Å². The van der Waals surface area contributed by atoms with Crippen LogP contribution in [0.15, 0.2) is 59.7 Å². The molecule has 0 aliphatic carbocycles. The fraction of sp³-hybridized carbons (Fsp3) is 0.160. The number of methoxy groups -OCH3 is 3. The summed E-state index contributed by atoms with van der Waals surface area (Å²) in [5, 5.41) is 28.7. The van der Waals surface area contributed by atoms with Gasteiger partial charge in [-0.3, -0.25) is 29.8 Å². The molecular formula is C25H23N5O10. The van der Waals surface area contributed by atoms with Crippen LogP contribution < -0.4 is 29.7 Å². The van der Waals surface area contributed by atoms with Gasteiger partial charge in [-0.25, -0.2) is 5.43 Å². The van der Waals surface area contributed by atoms with Gasteiger partial charge in [-0.15, -0.1) is 0 Å². The van der Waals surface area contributed by atoms with Crippen LogP contribution in [0.2, 0.25) is 0 Å². The fourth-order valence-electron chi connectivity index (χ4n) is 3.28. The molecule has 0 fully saturated rings. The van der Waals surface area contributed by atoms with Crippen LogP contribution in [0.5, 0.6) is 28.7 Å². The monoisotopic (exact) mass is 553 g/mol. The van der Waals surface area contributed by atoms with E-state index in [4.69, 9.17) is 18.9 Å². The maximum absolute atomic E-state index is 12.4. The number of nitrogens with one attached hydrogen (secondary N) is 2. The summed E-state index contributed by atoms with van der Waals surface area (Å²) in [4.78, 5) is 45.5. The number of carbonyl (C=O) groups is 2. The van der Waals surface area contributed by atoms with Gasteiger partial charge < -0.3 is 24.3 Å². The average molecular weight is 553 g/mol. The maximum Gasteiger partial charge on any atom is 0.329 e. The second-order valence-corrected chi connectivity index (χ2v) is 7.79. The Balaban J connectivity index is 1.75. The van der Waals surface area contributed by atoms with E-state index < -0.39 is 33.0 Å². The number of hydrogen-bond donors (Lipinski definition) is 2. The first kappa shape index (κ1) is 28.8. The lowest BCUT2D eigenvalue weighted by Gasteiger charge is -2.12. The predicted octanol–water partition coefficient (Wildman–Crippen LogP) is 3.80. The van der Waals surface area contributed by atoms with Crippen LogP contribution >= 0.6 is 0 Å². The molecule has 3 aromatic carbocycles. The molecule has 0 saturated carbocycles. The molecule has 2 amide bonds. The molecular weight excluding hydrogens is 530 g/mol. The van der Waals surface area contributed by atoms with Gasteiger partial charge in [-0.05, 0) is 43.3 Å². The molecule has 0 aliphatic heterocycles. The van der Waals surface area contributed by atoms with Crippen LogP contribution in [0, 0.1) is 20.2 Å². The second kappa shape index (κ2) is 12.7. The van der Waals surface area contributed by atoms with E-state index in [1.807, 2.05) is 0 Å². The molecule has 15 nitrogen and oxygen atoms in total. The van der Waals surface area contributed by atoms with E-state index in [2.05, 4.69) is 15.8 Å². The van der Waals surface area contributed by atoms with E-state index in [1.54, 1.807) is 19.1 Å². The highest BCUT2D eigenvalue weighted by atomic mass is 16.6. The topological polar surface area (TPSA) is 194 Å². The Kier molecular flexibility index (Phi) is 9.14. The zero-order valence-electron chi connectivity index (χ0n) is 21.6. The van der Waals surface area contributed by atoms with Crippen molar-refractivity contribution in [3.63, 3.8) is 0 Å². The Bertz CT molecular complexity index is 1510. The van der Waals surface area contributed by atoms with Crippen molar-refractivity contribution < 1.29 is 38.4 Å². The molecule has 0 unspecified atom stereocenters. The lowest BCUT2D eigenvalue weighted by molar-refractivity contribution is -0.394. The number of rotatable bonds is 10. The highest BCUT2D eigenvalue weighted by Gasteiger charge is 2.22. The largest absolute Gasteiger partial charge is 0.497 e. The van der Waals surface area contributed by atoms with Crippen LogP contribution in [0.3, 0.4) is 0 Å². The molecule has 3 aromatic rings. The van der Waals surface area contributed by atoms with Crippen molar-refractivity contribution in [2.75, 3.05) is 26.6 Å². The van der Waals surface area contributed by atoms with Gasteiger partial charge in [0.25, 0.3) is 5.69 Å². The van der Waals surface area contributed by atoms with Crippen molar-refractivity contribution in [1.29, 1.82) is 0 Å². The van der Waals surface area contributed by atoms with Crippen molar-refractivity contribution in [2.24, 2.45) is 5.10 Å². The Hall–Kier alpha value is -5.73.